The molecule has 0 unspecified atom stereocenters. The Bertz CT molecular complexity index is 815. The van der Waals surface area contributed by atoms with Crippen molar-refractivity contribution in [3.8, 4) is 0 Å². The summed E-state index contributed by atoms with van der Waals surface area (Å²) in [7, 11) is 0. The number of rotatable bonds is 2. The van der Waals surface area contributed by atoms with E-state index in [0.717, 1.165) is 5.56 Å². The largest absolute Gasteiger partial charge is 0.449 e. The van der Waals surface area contributed by atoms with Gasteiger partial charge in [-0.15, -0.1) is 0 Å². The predicted molar refractivity (Wildman–Crippen MR) is 84.1 cm³/mol. The first-order chi connectivity index (χ1) is 11.3. The summed E-state index contributed by atoms with van der Waals surface area (Å²) in [5.41, 5.74) is 0.396. The summed E-state index contributed by atoms with van der Waals surface area (Å²) in [5.74, 6) is -1.26. The van der Waals surface area contributed by atoms with Gasteiger partial charge in [0.05, 0.1) is 11.3 Å². The van der Waals surface area contributed by atoms with Crippen LogP contribution in [-0.2, 0) is 25.7 Å². The smallest absolute Gasteiger partial charge is 0.303 e. The lowest BCUT2D eigenvalue weighted by molar-refractivity contribution is -0.145. The number of nitrogens with one attached hydrogen (secondary N) is 1. The van der Waals surface area contributed by atoms with Gasteiger partial charge in [-0.3, -0.25) is 9.69 Å². The van der Waals surface area contributed by atoms with Gasteiger partial charge < -0.3 is 4.98 Å². The van der Waals surface area contributed by atoms with E-state index in [4.69, 9.17) is 23.2 Å². The second kappa shape index (κ2) is 6.38. The van der Waals surface area contributed by atoms with Crippen molar-refractivity contribution in [3.05, 3.63) is 61.2 Å². The van der Waals surface area contributed by atoms with E-state index in [1.165, 1.54) is 0 Å². The summed E-state index contributed by atoms with van der Waals surface area (Å²) < 4.78 is 38.2. The lowest BCUT2D eigenvalue weighted by Gasteiger charge is -2.28. The summed E-state index contributed by atoms with van der Waals surface area (Å²) >= 11 is 12.3. The molecule has 24 heavy (non-hydrogen) atoms. The average Bonchev–Trinajstić information content (AvgIpc) is 2.50. The van der Waals surface area contributed by atoms with Crippen LogP contribution in [0.2, 0.25) is 10.0 Å². The highest BCUT2D eigenvalue weighted by Crippen LogP contribution is 2.29. The quantitative estimate of drug-likeness (QED) is 0.868. The molecule has 4 nitrogen and oxygen atoms in total. The minimum absolute atomic E-state index is 0.188. The molecule has 1 aliphatic heterocycles. The van der Waals surface area contributed by atoms with Crippen LogP contribution in [0.15, 0.2) is 23.0 Å². The van der Waals surface area contributed by atoms with Crippen molar-refractivity contribution < 1.29 is 13.2 Å². The number of H-pyrrole nitrogens is 1. The van der Waals surface area contributed by atoms with E-state index >= 15 is 0 Å². The molecule has 0 saturated heterocycles. The normalized spacial score (nSPS) is 15.4. The molecule has 1 aromatic heterocycles. The number of halogens is 5. The summed E-state index contributed by atoms with van der Waals surface area (Å²) in [4.78, 5) is 19.3. The lowest BCUT2D eigenvalue weighted by atomic mass is 10.1. The van der Waals surface area contributed by atoms with Gasteiger partial charge in [0.25, 0.3) is 5.56 Å². The molecule has 9 heteroatoms. The molecular formula is C15H12Cl2F3N3O. The summed E-state index contributed by atoms with van der Waals surface area (Å²) in [5, 5.41) is 1.01. The molecule has 0 atom stereocenters. The van der Waals surface area contributed by atoms with Crippen molar-refractivity contribution in [1.82, 2.24) is 14.9 Å². The van der Waals surface area contributed by atoms with Crippen LogP contribution in [0.25, 0.3) is 0 Å². The molecule has 3 rings (SSSR count). The Morgan fingerprint density at radius 1 is 1.25 bits per heavy atom. The first kappa shape index (κ1) is 17.3. The zero-order chi connectivity index (χ0) is 17.5. The van der Waals surface area contributed by atoms with Gasteiger partial charge in [0, 0.05) is 41.7 Å². The maximum Gasteiger partial charge on any atom is 0.449 e. The molecule has 1 aliphatic rings. The topological polar surface area (TPSA) is 49.0 Å². The minimum Gasteiger partial charge on any atom is -0.303 e. The highest BCUT2D eigenvalue weighted by atomic mass is 35.5. The SMILES string of the molecule is O=c1[nH]c(C(F)(F)F)nc2c1CN(Cc1c(Cl)cccc1Cl)CC2. The Labute approximate surface area is 145 Å². The Morgan fingerprint density at radius 2 is 1.92 bits per heavy atom. The standard InChI is InChI=1S/C15H12Cl2F3N3O/c16-10-2-1-3-11(17)8(10)6-23-5-4-12-9(7-23)13(24)22-14(21-12)15(18,19)20/h1-3H,4-7H2,(H,21,22,24). The summed E-state index contributed by atoms with van der Waals surface area (Å²) in [6.07, 6.45) is -4.42. The van der Waals surface area contributed by atoms with Crippen LogP contribution < -0.4 is 5.56 Å². The fourth-order valence-corrected chi connectivity index (χ4v) is 3.17. The third kappa shape index (κ3) is 3.43. The molecule has 2 heterocycles. The molecular weight excluding hydrogens is 366 g/mol. The highest BCUT2D eigenvalue weighted by Gasteiger charge is 2.36. The van der Waals surface area contributed by atoms with E-state index in [1.807, 2.05) is 9.88 Å². The lowest BCUT2D eigenvalue weighted by Crippen LogP contribution is -2.36. The molecule has 0 saturated carbocycles. The van der Waals surface area contributed by atoms with Gasteiger partial charge in [0.2, 0.25) is 5.82 Å². The van der Waals surface area contributed by atoms with E-state index in [2.05, 4.69) is 4.98 Å². The summed E-state index contributed by atoms with van der Waals surface area (Å²) in [6, 6.07) is 5.15. The van der Waals surface area contributed by atoms with Crippen LogP contribution in [0.4, 0.5) is 13.2 Å². The third-order valence-corrected chi connectivity index (χ3v) is 4.57. The van der Waals surface area contributed by atoms with E-state index in [-0.39, 0.29) is 24.2 Å². The molecule has 0 radical (unpaired) electrons. The van der Waals surface area contributed by atoms with Crippen molar-refractivity contribution in [1.29, 1.82) is 0 Å². The second-order valence-electron chi connectivity index (χ2n) is 5.50. The monoisotopic (exact) mass is 377 g/mol. The number of fused-ring (bicyclic) bond motifs is 1. The number of alkyl halides is 3. The Hall–Kier alpha value is -1.57. The van der Waals surface area contributed by atoms with E-state index in [1.54, 1.807) is 18.2 Å². The fraction of sp³-hybridized carbons (Fsp3) is 0.333. The predicted octanol–water partition coefficient (Wildman–Crippen LogP) is 3.65. The van der Waals surface area contributed by atoms with Gasteiger partial charge in [-0.25, -0.2) is 4.98 Å². The van der Waals surface area contributed by atoms with Crippen LogP contribution >= 0.6 is 23.2 Å². The van der Waals surface area contributed by atoms with Gasteiger partial charge >= 0.3 is 6.18 Å². The minimum atomic E-state index is -4.67. The number of aromatic amines is 1. The maximum atomic E-state index is 12.7. The molecule has 0 amide bonds. The molecule has 0 spiro atoms. The molecule has 1 N–H and O–H groups in total. The van der Waals surface area contributed by atoms with Crippen molar-refractivity contribution in [2.24, 2.45) is 0 Å². The number of aromatic nitrogens is 2. The van der Waals surface area contributed by atoms with Gasteiger partial charge in [-0.05, 0) is 12.1 Å². The van der Waals surface area contributed by atoms with Gasteiger partial charge in [0.1, 0.15) is 0 Å². The van der Waals surface area contributed by atoms with Crippen LogP contribution in [-0.4, -0.2) is 21.4 Å². The van der Waals surface area contributed by atoms with Crippen LogP contribution in [0.3, 0.4) is 0 Å². The Balaban J connectivity index is 1.86. The second-order valence-corrected chi connectivity index (χ2v) is 6.31. The first-order valence-electron chi connectivity index (χ1n) is 7.10. The third-order valence-electron chi connectivity index (χ3n) is 3.86. The molecule has 0 bridgehead atoms. The Morgan fingerprint density at radius 3 is 2.54 bits per heavy atom. The van der Waals surface area contributed by atoms with Gasteiger partial charge in [-0.2, -0.15) is 13.2 Å². The van der Waals surface area contributed by atoms with Crippen LogP contribution in [0.1, 0.15) is 22.6 Å². The van der Waals surface area contributed by atoms with Crippen LogP contribution in [0, 0.1) is 0 Å². The van der Waals surface area contributed by atoms with Gasteiger partial charge in [0.15, 0.2) is 0 Å². The van der Waals surface area contributed by atoms with Crippen LogP contribution in [0.5, 0.6) is 0 Å². The Kier molecular flexibility index (Phi) is 4.59. The van der Waals surface area contributed by atoms with Crippen molar-refractivity contribution in [2.45, 2.75) is 25.7 Å². The van der Waals surface area contributed by atoms with Crippen molar-refractivity contribution in [3.63, 3.8) is 0 Å². The number of benzene rings is 1. The molecule has 128 valence electrons. The van der Waals surface area contributed by atoms with E-state index in [9.17, 15) is 18.0 Å². The zero-order valence-corrected chi connectivity index (χ0v) is 13.8. The average molecular weight is 378 g/mol. The van der Waals surface area contributed by atoms with Crippen molar-refractivity contribution >= 4 is 23.2 Å². The highest BCUT2D eigenvalue weighted by molar-refractivity contribution is 6.35. The molecule has 0 fully saturated rings. The number of nitrogens with zero attached hydrogens (tertiary/aromatic N) is 2. The fourth-order valence-electron chi connectivity index (χ4n) is 2.66. The molecule has 1 aromatic carbocycles. The van der Waals surface area contributed by atoms with E-state index in [0.29, 0.717) is 23.1 Å². The maximum absolute atomic E-state index is 12.7. The molecule has 0 aliphatic carbocycles. The number of hydrogen-bond donors (Lipinski definition) is 1. The first-order valence-corrected chi connectivity index (χ1v) is 7.86. The number of hydrogen-bond acceptors (Lipinski definition) is 3. The van der Waals surface area contributed by atoms with Gasteiger partial charge in [-0.1, -0.05) is 29.3 Å². The van der Waals surface area contributed by atoms with E-state index < -0.39 is 17.6 Å². The zero-order valence-electron chi connectivity index (χ0n) is 12.3. The summed E-state index contributed by atoms with van der Waals surface area (Å²) in [6.45, 7) is 1.05. The molecule has 2 aromatic rings. The van der Waals surface area contributed by atoms with Crippen molar-refractivity contribution in [2.75, 3.05) is 6.54 Å².